The Morgan fingerprint density at radius 1 is 1.46 bits per heavy atom. The number of rotatable bonds is 3. The molecule has 3 rings (SSSR count). The van der Waals surface area contributed by atoms with Crippen molar-refractivity contribution in [1.29, 1.82) is 0 Å². The van der Waals surface area contributed by atoms with Crippen molar-refractivity contribution in [2.45, 2.75) is 25.8 Å². The molecule has 128 valence electrons. The van der Waals surface area contributed by atoms with E-state index in [9.17, 15) is 9.18 Å². The van der Waals surface area contributed by atoms with Gasteiger partial charge in [0.2, 0.25) is 0 Å². The van der Waals surface area contributed by atoms with Gasteiger partial charge in [-0.3, -0.25) is 0 Å². The van der Waals surface area contributed by atoms with Crippen LogP contribution in [0.2, 0.25) is 0 Å². The number of nitrogens with one attached hydrogen (secondary N) is 1. The molecule has 0 spiro atoms. The number of methoxy groups -OCH3 is 1. The van der Waals surface area contributed by atoms with Gasteiger partial charge in [-0.05, 0) is 31.4 Å². The highest BCUT2D eigenvalue weighted by Gasteiger charge is 2.33. The normalized spacial score (nSPS) is 17.2. The predicted octanol–water partition coefficient (Wildman–Crippen LogP) is 2.64. The fourth-order valence-electron chi connectivity index (χ4n) is 3.01. The molecule has 7 nitrogen and oxygen atoms in total. The lowest BCUT2D eigenvalue weighted by Gasteiger charge is -2.24. The van der Waals surface area contributed by atoms with Gasteiger partial charge in [-0.1, -0.05) is 0 Å². The molecule has 0 bridgehead atoms. The average Bonchev–Trinajstić information content (AvgIpc) is 3.18. The lowest BCUT2D eigenvalue weighted by Crippen LogP contribution is -2.35. The summed E-state index contributed by atoms with van der Waals surface area (Å²) in [6, 6.07) is 2.45. The van der Waals surface area contributed by atoms with Gasteiger partial charge in [-0.25, -0.2) is 9.18 Å². The molecule has 1 saturated heterocycles. The highest BCUT2D eigenvalue weighted by atomic mass is 19.1. The van der Waals surface area contributed by atoms with Crippen LogP contribution in [0.25, 0.3) is 0 Å². The molecular formula is C16H20FN5O2. The maximum absolute atomic E-state index is 13.9. The molecule has 1 aliphatic rings. The quantitative estimate of drug-likeness (QED) is 0.937. The Morgan fingerprint density at radius 2 is 2.25 bits per heavy atom. The lowest BCUT2D eigenvalue weighted by atomic mass is 10.2. The van der Waals surface area contributed by atoms with Gasteiger partial charge < -0.3 is 19.5 Å². The number of carbonyl (C=O) groups is 1. The molecule has 0 aliphatic carbocycles. The van der Waals surface area contributed by atoms with E-state index in [1.165, 1.54) is 13.2 Å². The summed E-state index contributed by atoms with van der Waals surface area (Å²) >= 11 is 0. The molecule has 2 amide bonds. The second kappa shape index (κ2) is 6.46. The smallest absolute Gasteiger partial charge is 0.322 e. The predicted molar refractivity (Wildman–Crippen MR) is 86.4 cm³/mol. The van der Waals surface area contributed by atoms with Crippen molar-refractivity contribution in [3.63, 3.8) is 0 Å². The van der Waals surface area contributed by atoms with Gasteiger partial charge in [-0.2, -0.15) is 0 Å². The van der Waals surface area contributed by atoms with Crippen LogP contribution < -0.4 is 10.1 Å². The first-order chi connectivity index (χ1) is 11.5. The zero-order chi connectivity index (χ0) is 17.3. The monoisotopic (exact) mass is 333 g/mol. The number of ether oxygens (including phenoxy) is 1. The van der Waals surface area contributed by atoms with Crippen LogP contribution in [0.3, 0.4) is 0 Å². The summed E-state index contributed by atoms with van der Waals surface area (Å²) in [5.74, 6) is 0.397. The van der Waals surface area contributed by atoms with Crippen LogP contribution in [0, 0.1) is 12.7 Å². The van der Waals surface area contributed by atoms with Crippen molar-refractivity contribution >= 4 is 11.7 Å². The molecule has 24 heavy (non-hydrogen) atoms. The minimum atomic E-state index is -0.510. The highest BCUT2D eigenvalue weighted by molar-refractivity contribution is 5.90. The highest BCUT2D eigenvalue weighted by Crippen LogP contribution is 2.32. The molecule has 1 fully saturated rings. The molecule has 0 radical (unpaired) electrons. The summed E-state index contributed by atoms with van der Waals surface area (Å²) in [5.41, 5.74) is 1.16. The van der Waals surface area contributed by atoms with Gasteiger partial charge in [0.15, 0.2) is 17.4 Å². The molecule has 2 aromatic rings. The van der Waals surface area contributed by atoms with E-state index < -0.39 is 5.82 Å². The van der Waals surface area contributed by atoms with E-state index >= 15 is 0 Å². The van der Waals surface area contributed by atoms with E-state index in [-0.39, 0.29) is 17.8 Å². The van der Waals surface area contributed by atoms with Crippen LogP contribution in [0.1, 0.15) is 30.3 Å². The van der Waals surface area contributed by atoms with E-state index in [4.69, 9.17) is 4.74 Å². The minimum absolute atomic E-state index is 0.124. The number of aromatic nitrogens is 3. The first-order valence-electron chi connectivity index (χ1n) is 7.77. The Morgan fingerprint density at radius 3 is 2.92 bits per heavy atom. The van der Waals surface area contributed by atoms with Crippen molar-refractivity contribution in [3.8, 4) is 5.75 Å². The molecule has 1 aromatic carbocycles. The van der Waals surface area contributed by atoms with Crippen LogP contribution in [0.4, 0.5) is 14.9 Å². The molecule has 0 saturated carbocycles. The largest absolute Gasteiger partial charge is 0.494 e. The van der Waals surface area contributed by atoms with Crippen molar-refractivity contribution < 1.29 is 13.9 Å². The zero-order valence-corrected chi connectivity index (χ0v) is 13.9. The third-order valence-corrected chi connectivity index (χ3v) is 4.30. The Labute approximate surface area is 139 Å². The van der Waals surface area contributed by atoms with E-state index in [0.29, 0.717) is 12.2 Å². The summed E-state index contributed by atoms with van der Waals surface area (Å²) in [7, 11) is 3.26. The van der Waals surface area contributed by atoms with E-state index in [0.717, 1.165) is 24.2 Å². The number of amides is 2. The van der Waals surface area contributed by atoms with Crippen LogP contribution in [-0.4, -0.2) is 39.4 Å². The van der Waals surface area contributed by atoms with Crippen LogP contribution in [-0.2, 0) is 7.05 Å². The molecule has 1 aliphatic heterocycles. The SMILES string of the molecule is COc1cc(C)c(NC(=O)N2CCC[C@H]2c2nncn2C)cc1F. The van der Waals surface area contributed by atoms with E-state index in [1.54, 1.807) is 24.2 Å². The molecule has 1 N–H and O–H groups in total. The summed E-state index contributed by atoms with van der Waals surface area (Å²) in [6.07, 6.45) is 3.34. The number of likely N-dealkylation sites (tertiary alicyclic amines) is 1. The van der Waals surface area contributed by atoms with E-state index in [1.807, 2.05) is 11.6 Å². The molecule has 1 aromatic heterocycles. The maximum Gasteiger partial charge on any atom is 0.322 e. The molecular weight excluding hydrogens is 313 g/mol. The number of benzene rings is 1. The summed E-state index contributed by atoms with van der Waals surface area (Å²) in [5, 5.41) is 10.8. The van der Waals surface area contributed by atoms with Crippen molar-refractivity contribution in [3.05, 3.63) is 35.7 Å². The summed E-state index contributed by atoms with van der Waals surface area (Å²) in [4.78, 5) is 14.4. The third-order valence-electron chi connectivity index (χ3n) is 4.30. The average molecular weight is 333 g/mol. The third kappa shape index (κ3) is 2.91. The van der Waals surface area contributed by atoms with Crippen LogP contribution in [0.5, 0.6) is 5.75 Å². The second-order valence-electron chi connectivity index (χ2n) is 5.88. The van der Waals surface area contributed by atoms with Crippen molar-refractivity contribution in [2.24, 2.45) is 7.05 Å². The number of aryl methyl sites for hydroxylation is 2. The van der Waals surface area contributed by atoms with Gasteiger partial charge in [-0.15, -0.1) is 10.2 Å². The summed E-state index contributed by atoms with van der Waals surface area (Å²) < 4.78 is 20.7. The Hall–Kier alpha value is -2.64. The number of halogens is 1. The van der Waals surface area contributed by atoms with E-state index in [2.05, 4.69) is 15.5 Å². The first-order valence-corrected chi connectivity index (χ1v) is 7.77. The first kappa shape index (κ1) is 16.2. The molecule has 2 heterocycles. The second-order valence-corrected chi connectivity index (χ2v) is 5.88. The number of anilines is 1. The number of carbonyl (C=O) groups excluding carboxylic acids is 1. The fraction of sp³-hybridized carbons (Fsp3) is 0.438. The van der Waals surface area contributed by atoms with Crippen LogP contribution >= 0.6 is 0 Å². The Kier molecular flexibility index (Phi) is 4.37. The Balaban J connectivity index is 1.80. The van der Waals surface area contributed by atoms with Gasteiger partial charge in [0.05, 0.1) is 13.2 Å². The molecule has 0 unspecified atom stereocenters. The fourth-order valence-corrected chi connectivity index (χ4v) is 3.01. The maximum atomic E-state index is 13.9. The Bertz CT molecular complexity index is 761. The van der Waals surface area contributed by atoms with Crippen molar-refractivity contribution in [1.82, 2.24) is 19.7 Å². The van der Waals surface area contributed by atoms with Crippen molar-refractivity contribution in [2.75, 3.05) is 19.0 Å². The lowest BCUT2D eigenvalue weighted by molar-refractivity contribution is 0.204. The number of hydrogen-bond acceptors (Lipinski definition) is 4. The topological polar surface area (TPSA) is 72.3 Å². The number of urea groups is 1. The molecule has 1 atom stereocenters. The standard InChI is InChI=1S/C16H20FN5O2/c1-10-7-14(24-3)11(17)8-12(10)19-16(23)22-6-4-5-13(22)15-20-18-9-21(15)2/h7-9,13H,4-6H2,1-3H3,(H,19,23)/t13-/m0/s1. The zero-order valence-electron chi connectivity index (χ0n) is 13.9. The van der Waals surface area contributed by atoms with Gasteiger partial charge in [0.25, 0.3) is 0 Å². The minimum Gasteiger partial charge on any atom is -0.494 e. The number of hydrogen-bond donors (Lipinski definition) is 1. The van der Waals surface area contributed by atoms with Gasteiger partial charge >= 0.3 is 6.03 Å². The number of nitrogens with zero attached hydrogens (tertiary/aromatic N) is 4. The summed E-state index contributed by atoms with van der Waals surface area (Å²) in [6.45, 7) is 2.42. The van der Waals surface area contributed by atoms with Gasteiger partial charge in [0.1, 0.15) is 6.33 Å². The molecule has 8 heteroatoms. The van der Waals surface area contributed by atoms with Gasteiger partial charge in [0, 0.05) is 25.3 Å². The van der Waals surface area contributed by atoms with Crippen LogP contribution in [0.15, 0.2) is 18.5 Å².